The first-order valence-corrected chi connectivity index (χ1v) is 9.70. The molecule has 31 heavy (non-hydrogen) atoms. The molecule has 3 aromatic heterocycles. The van der Waals surface area contributed by atoms with Crippen LogP contribution in [0.1, 0.15) is 28.9 Å². The number of anilines is 2. The molecule has 164 valence electrons. The van der Waals surface area contributed by atoms with E-state index in [1.165, 1.54) is 23.1 Å². The third kappa shape index (κ3) is 4.85. The molecule has 4 N–H and O–H groups in total. The molecule has 4 heterocycles. The summed E-state index contributed by atoms with van der Waals surface area (Å²) in [5.74, 6) is -0.396. The number of rotatable bonds is 5. The van der Waals surface area contributed by atoms with Gasteiger partial charge in [-0.3, -0.25) is 9.48 Å². The zero-order chi connectivity index (χ0) is 22.0. The number of piperidine rings is 1. The highest BCUT2D eigenvalue weighted by Gasteiger charge is 2.36. The molecule has 1 aliphatic rings. The fraction of sp³-hybridized carbons (Fsp3) is 0.368. The largest absolute Gasteiger partial charge is 0.419 e. The van der Waals surface area contributed by atoms with E-state index in [9.17, 15) is 18.0 Å². The molecule has 0 spiro atoms. The molecular weight excluding hydrogens is 413 g/mol. The summed E-state index contributed by atoms with van der Waals surface area (Å²) in [4.78, 5) is 23.1. The molecular formula is C19H21F3N8O. The number of aryl methyl sites for hydroxylation is 1. The predicted molar refractivity (Wildman–Crippen MR) is 107 cm³/mol. The van der Waals surface area contributed by atoms with Crippen LogP contribution in [0, 0.1) is 0 Å². The first kappa shape index (κ1) is 20.8. The second-order valence-corrected chi connectivity index (χ2v) is 7.30. The van der Waals surface area contributed by atoms with Gasteiger partial charge in [0.2, 0.25) is 5.95 Å². The summed E-state index contributed by atoms with van der Waals surface area (Å²) in [5, 5.41) is 12.9. The van der Waals surface area contributed by atoms with E-state index in [4.69, 9.17) is 0 Å². The van der Waals surface area contributed by atoms with Gasteiger partial charge in [-0.15, -0.1) is 0 Å². The van der Waals surface area contributed by atoms with Gasteiger partial charge in [-0.1, -0.05) is 0 Å². The summed E-state index contributed by atoms with van der Waals surface area (Å²) >= 11 is 0. The van der Waals surface area contributed by atoms with Gasteiger partial charge < -0.3 is 20.9 Å². The highest BCUT2D eigenvalue weighted by atomic mass is 19.4. The average Bonchev–Trinajstić information content (AvgIpc) is 3.37. The maximum absolute atomic E-state index is 13.6. The lowest BCUT2D eigenvalue weighted by Gasteiger charge is -2.24. The molecule has 3 aromatic rings. The van der Waals surface area contributed by atoms with E-state index in [1.54, 1.807) is 13.2 Å². The van der Waals surface area contributed by atoms with Crippen LogP contribution >= 0.6 is 0 Å². The van der Waals surface area contributed by atoms with E-state index in [-0.39, 0.29) is 28.9 Å². The third-order valence-electron chi connectivity index (χ3n) is 4.89. The molecule has 9 nitrogen and oxygen atoms in total. The maximum atomic E-state index is 13.6. The topological polar surface area (TPSA) is 113 Å². The van der Waals surface area contributed by atoms with Crippen molar-refractivity contribution < 1.29 is 18.0 Å². The normalized spacial score (nSPS) is 16.8. The number of carbonyl (C=O) groups excluding carboxylic acids is 1. The van der Waals surface area contributed by atoms with Gasteiger partial charge in [0.05, 0.1) is 17.6 Å². The molecule has 0 bridgehead atoms. The van der Waals surface area contributed by atoms with Crippen LogP contribution in [-0.2, 0) is 13.2 Å². The Bertz CT molecular complexity index is 1070. The Hall–Kier alpha value is -3.41. The van der Waals surface area contributed by atoms with E-state index >= 15 is 0 Å². The number of aromatic nitrogens is 5. The van der Waals surface area contributed by atoms with Crippen molar-refractivity contribution in [2.24, 2.45) is 7.05 Å². The monoisotopic (exact) mass is 434 g/mol. The van der Waals surface area contributed by atoms with Gasteiger partial charge in [-0.2, -0.15) is 18.3 Å². The van der Waals surface area contributed by atoms with Crippen molar-refractivity contribution in [2.75, 3.05) is 23.7 Å². The van der Waals surface area contributed by atoms with Crippen molar-refractivity contribution in [3.63, 3.8) is 0 Å². The SMILES string of the molecule is Cn1cc(NC(=O)c2cc(-c3nc(N[C@H]4CCCNC4)ncc3C(F)(F)F)c[nH]2)cn1. The Morgan fingerprint density at radius 1 is 1.32 bits per heavy atom. The van der Waals surface area contributed by atoms with Gasteiger partial charge in [0.1, 0.15) is 11.3 Å². The van der Waals surface area contributed by atoms with E-state index in [2.05, 4.69) is 36.0 Å². The minimum atomic E-state index is -4.64. The van der Waals surface area contributed by atoms with Crippen molar-refractivity contribution in [2.45, 2.75) is 25.1 Å². The molecule has 4 rings (SSSR count). The van der Waals surface area contributed by atoms with Crippen molar-refractivity contribution in [3.8, 4) is 11.3 Å². The van der Waals surface area contributed by atoms with Crippen molar-refractivity contribution in [1.82, 2.24) is 30.0 Å². The molecule has 1 amide bonds. The fourth-order valence-corrected chi connectivity index (χ4v) is 3.38. The smallest absolute Gasteiger partial charge is 0.357 e. The lowest BCUT2D eigenvalue weighted by Crippen LogP contribution is -2.38. The number of nitrogens with one attached hydrogen (secondary N) is 4. The molecule has 0 aliphatic carbocycles. The standard InChI is InChI=1S/C19H21F3N8O/c1-30-10-13(8-26-30)27-17(31)15-5-11(6-24-15)16-14(19(20,21)22)9-25-18(29-16)28-12-3-2-4-23-7-12/h5-6,8-10,12,23-24H,2-4,7H2,1H3,(H,27,31)(H,25,28,29)/t12-/m0/s1. The van der Waals surface area contributed by atoms with Gasteiger partial charge >= 0.3 is 6.18 Å². The molecule has 0 unspecified atom stereocenters. The molecule has 0 radical (unpaired) electrons. The maximum Gasteiger partial charge on any atom is 0.419 e. The third-order valence-corrected chi connectivity index (χ3v) is 4.89. The lowest BCUT2D eigenvalue weighted by molar-refractivity contribution is -0.137. The highest BCUT2D eigenvalue weighted by Crippen LogP contribution is 2.36. The van der Waals surface area contributed by atoms with E-state index < -0.39 is 17.6 Å². The molecule has 1 aliphatic heterocycles. The summed E-state index contributed by atoms with van der Waals surface area (Å²) < 4.78 is 42.2. The van der Waals surface area contributed by atoms with Crippen molar-refractivity contribution in [3.05, 3.63) is 42.1 Å². The van der Waals surface area contributed by atoms with Gasteiger partial charge in [0.25, 0.3) is 5.91 Å². The van der Waals surface area contributed by atoms with Gasteiger partial charge in [-0.25, -0.2) is 9.97 Å². The van der Waals surface area contributed by atoms with Crippen LogP contribution in [0.25, 0.3) is 11.3 Å². The summed E-state index contributed by atoms with van der Waals surface area (Å²) in [6, 6.07) is 1.36. The minimum Gasteiger partial charge on any atom is -0.357 e. The first-order valence-electron chi connectivity index (χ1n) is 9.70. The number of H-pyrrole nitrogens is 1. The molecule has 0 saturated carbocycles. The average molecular weight is 434 g/mol. The van der Waals surface area contributed by atoms with Crippen LogP contribution < -0.4 is 16.0 Å². The van der Waals surface area contributed by atoms with Crippen LogP contribution in [0.3, 0.4) is 0 Å². The van der Waals surface area contributed by atoms with E-state index in [0.29, 0.717) is 12.2 Å². The van der Waals surface area contributed by atoms with Crippen LogP contribution in [-0.4, -0.2) is 49.8 Å². The van der Waals surface area contributed by atoms with Crippen LogP contribution in [0.5, 0.6) is 0 Å². The number of halogens is 3. The van der Waals surface area contributed by atoms with Gasteiger partial charge in [0, 0.05) is 43.8 Å². The van der Waals surface area contributed by atoms with Crippen LogP contribution in [0.4, 0.5) is 24.8 Å². The highest BCUT2D eigenvalue weighted by molar-refractivity contribution is 6.03. The van der Waals surface area contributed by atoms with E-state index in [0.717, 1.165) is 25.6 Å². The number of hydrogen-bond donors (Lipinski definition) is 4. The molecule has 1 fully saturated rings. The molecule has 12 heteroatoms. The molecule has 0 aromatic carbocycles. The number of nitrogens with zero attached hydrogens (tertiary/aromatic N) is 4. The molecule has 1 saturated heterocycles. The second-order valence-electron chi connectivity index (χ2n) is 7.30. The fourth-order valence-electron chi connectivity index (χ4n) is 3.38. The summed E-state index contributed by atoms with van der Waals surface area (Å²) in [6.07, 6.45) is 2.34. The van der Waals surface area contributed by atoms with Crippen molar-refractivity contribution in [1.29, 1.82) is 0 Å². The summed E-state index contributed by atoms with van der Waals surface area (Å²) in [5.41, 5.74) is -0.579. The van der Waals surface area contributed by atoms with Crippen LogP contribution in [0.15, 0.2) is 30.9 Å². The molecule has 1 atom stereocenters. The number of hydrogen-bond acceptors (Lipinski definition) is 6. The zero-order valence-corrected chi connectivity index (χ0v) is 16.6. The number of aromatic amines is 1. The lowest BCUT2D eigenvalue weighted by atomic mass is 10.1. The van der Waals surface area contributed by atoms with E-state index in [1.807, 2.05) is 0 Å². The second kappa shape index (κ2) is 8.38. The Morgan fingerprint density at radius 3 is 2.84 bits per heavy atom. The Morgan fingerprint density at radius 2 is 2.16 bits per heavy atom. The zero-order valence-electron chi connectivity index (χ0n) is 16.6. The van der Waals surface area contributed by atoms with Gasteiger partial charge in [0.15, 0.2) is 0 Å². The van der Waals surface area contributed by atoms with Crippen LogP contribution in [0.2, 0.25) is 0 Å². The van der Waals surface area contributed by atoms with Gasteiger partial charge in [-0.05, 0) is 25.5 Å². The quantitative estimate of drug-likeness (QED) is 0.491. The minimum absolute atomic E-state index is 0.0328. The van der Waals surface area contributed by atoms with Crippen molar-refractivity contribution >= 4 is 17.5 Å². The number of amides is 1. The number of alkyl halides is 3. The summed E-state index contributed by atoms with van der Waals surface area (Å²) in [7, 11) is 1.70. The summed E-state index contributed by atoms with van der Waals surface area (Å²) in [6.45, 7) is 1.59. The Kier molecular flexibility index (Phi) is 5.63. The Labute approximate surface area is 175 Å². The Balaban J connectivity index is 1.60. The first-order chi connectivity index (χ1) is 14.8. The predicted octanol–water partition coefficient (Wildman–Crippen LogP) is 2.64. The number of carbonyl (C=O) groups is 1.